The van der Waals surface area contributed by atoms with E-state index in [1.807, 2.05) is 23.4 Å². The van der Waals surface area contributed by atoms with Gasteiger partial charge in [0.2, 0.25) is 10.0 Å². The number of sulfonamides is 1. The van der Waals surface area contributed by atoms with Crippen molar-refractivity contribution in [3.63, 3.8) is 0 Å². The molecule has 2 heterocycles. The van der Waals surface area contributed by atoms with Crippen molar-refractivity contribution >= 4 is 10.0 Å². The van der Waals surface area contributed by atoms with E-state index in [0.29, 0.717) is 37.6 Å². The highest BCUT2D eigenvalue weighted by molar-refractivity contribution is 7.93. The molecule has 1 saturated heterocycles. The molecule has 0 aromatic heterocycles. The minimum absolute atomic E-state index is 0.459. The first-order valence-electron chi connectivity index (χ1n) is 8.35. The molecule has 0 atom stereocenters. The van der Waals surface area contributed by atoms with E-state index in [1.165, 1.54) is 25.7 Å². The van der Waals surface area contributed by atoms with Crippen molar-refractivity contribution in [2.45, 2.75) is 45.4 Å². The molecule has 0 aliphatic carbocycles. The predicted octanol–water partition coefficient (Wildman–Crippen LogP) is 2.68. The molecule has 0 spiro atoms. The Labute approximate surface area is 134 Å². The van der Waals surface area contributed by atoms with Gasteiger partial charge in [-0.15, -0.1) is 0 Å². The van der Waals surface area contributed by atoms with Gasteiger partial charge >= 0.3 is 0 Å². The molecule has 5 nitrogen and oxygen atoms in total. The van der Waals surface area contributed by atoms with Crippen LogP contribution in [0, 0.1) is 0 Å². The molecule has 0 saturated carbocycles. The average molecular weight is 328 g/mol. The van der Waals surface area contributed by atoms with Gasteiger partial charge in [-0.05, 0) is 12.6 Å². The first-order chi connectivity index (χ1) is 10.6. The summed E-state index contributed by atoms with van der Waals surface area (Å²) in [6.45, 7) is 5.00. The van der Waals surface area contributed by atoms with Crippen LogP contribution in [0.4, 0.5) is 0 Å². The summed E-state index contributed by atoms with van der Waals surface area (Å²) in [6.07, 6.45) is 12.3. The monoisotopic (exact) mass is 328 g/mol. The van der Waals surface area contributed by atoms with Gasteiger partial charge in [0.15, 0.2) is 0 Å². The molecule has 0 N–H and O–H groups in total. The minimum Gasteiger partial charge on any atom is -0.379 e. The van der Waals surface area contributed by atoms with Crippen molar-refractivity contribution in [3.8, 4) is 0 Å². The second kappa shape index (κ2) is 8.70. The third kappa shape index (κ3) is 4.83. The summed E-state index contributed by atoms with van der Waals surface area (Å²) < 4.78 is 32.1. The van der Waals surface area contributed by atoms with Crippen LogP contribution >= 0.6 is 0 Å². The molecule has 0 amide bonds. The lowest BCUT2D eigenvalue weighted by Gasteiger charge is -2.29. The number of morpholine rings is 1. The topological polar surface area (TPSA) is 49.9 Å². The number of hydrogen-bond donors (Lipinski definition) is 0. The van der Waals surface area contributed by atoms with Gasteiger partial charge in [-0.3, -0.25) is 0 Å². The molecule has 2 aliphatic rings. The Kier molecular flexibility index (Phi) is 6.92. The van der Waals surface area contributed by atoms with Crippen LogP contribution in [0.15, 0.2) is 23.4 Å². The summed E-state index contributed by atoms with van der Waals surface area (Å²) in [5, 5.41) is 0. The van der Waals surface area contributed by atoms with E-state index in [0.717, 1.165) is 13.0 Å². The van der Waals surface area contributed by atoms with Crippen molar-refractivity contribution in [1.29, 1.82) is 0 Å². The summed E-state index contributed by atoms with van der Waals surface area (Å²) in [6, 6.07) is 0. The van der Waals surface area contributed by atoms with Gasteiger partial charge in [-0.25, -0.2) is 8.42 Å². The van der Waals surface area contributed by atoms with Gasteiger partial charge in [0.1, 0.15) is 0 Å². The molecule has 6 heteroatoms. The van der Waals surface area contributed by atoms with E-state index in [9.17, 15) is 8.42 Å². The second-order valence-corrected chi connectivity index (χ2v) is 7.84. The zero-order valence-electron chi connectivity index (χ0n) is 13.5. The number of nitrogens with zero attached hydrogens (tertiary/aromatic N) is 2. The van der Waals surface area contributed by atoms with Crippen LogP contribution in [0.1, 0.15) is 45.4 Å². The van der Waals surface area contributed by atoms with E-state index in [2.05, 4.69) is 6.92 Å². The van der Waals surface area contributed by atoms with Crippen molar-refractivity contribution in [2.75, 3.05) is 32.8 Å². The molecule has 0 bridgehead atoms. The summed E-state index contributed by atoms with van der Waals surface area (Å²) in [5.41, 5.74) is 0. The maximum atomic E-state index is 12.6. The van der Waals surface area contributed by atoms with Crippen LogP contribution in [-0.2, 0) is 14.8 Å². The van der Waals surface area contributed by atoms with Gasteiger partial charge in [0, 0.05) is 32.3 Å². The van der Waals surface area contributed by atoms with E-state index in [4.69, 9.17) is 4.74 Å². The zero-order valence-corrected chi connectivity index (χ0v) is 14.4. The Bertz CT molecular complexity index is 494. The highest BCUT2D eigenvalue weighted by atomic mass is 32.2. The fourth-order valence-corrected chi connectivity index (χ4v) is 4.28. The Hall–Kier alpha value is -0.850. The maximum absolute atomic E-state index is 12.6. The maximum Gasteiger partial charge on any atom is 0.241 e. The number of unbranched alkanes of at least 4 members (excludes halogenated alkanes) is 4. The lowest BCUT2D eigenvalue weighted by molar-refractivity contribution is 0.0733. The molecule has 0 aromatic rings. The van der Waals surface area contributed by atoms with Gasteiger partial charge in [0.25, 0.3) is 0 Å². The fourth-order valence-electron chi connectivity index (χ4n) is 2.75. The summed E-state index contributed by atoms with van der Waals surface area (Å²) >= 11 is 0. The van der Waals surface area contributed by atoms with E-state index in [1.54, 1.807) is 4.31 Å². The van der Waals surface area contributed by atoms with Crippen molar-refractivity contribution in [1.82, 2.24) is 9.21 Å². The molecule has 0 unspecified atom stereocenters. The van der Waals surface area contributed by atoms with Gasteiger partial charge in [0.05, 0.1) is 18.1 Å². The zero-order chi connectivity index (χ0) is 15.8. The van der Waals surface area contributed by atoms with Crippen LogP contribution in [0.5, 0.6) is 0 Å². The smallest absolute Gasteiger partial charge is 0.241 e. The Morgan fingerprint density at radius 3 is 2.59 bits per heavy atom. The Morgan fingerprint density at radius 2 is 1.86 bits per heavy atom. The lowest BCUT2D eigenvalue weighted by Crippen LogP contribution is -2.41. The van der Waals surface area contributed by atoms with Crippen LogP contribution in [-0.4, -0.2) is 50.5 Å². The molecular weight excluding hydrogens is 300 g/mol. The quantitative estimate of drug-likeness (QED) is 0.643. The second-order valence-electron chi connectivity index (χ2n) is 5.85. The molecule has 0 aromatic carbocycles. The predicted molar refractivity (Wildman–Crippen MR) is 88.6 cm³/mol. The summed E-state index contributed by atoms with van der Waals surface area (Å²) in [5.74, 6) is 0. The fraction of sp³-hybridized carbons (Fsp3) is 0.750. The highest BCUT2D eigenvalue weighted by Gasteiger charge is 2.29. The van der Waals surface area contributed by atoms with Gasteiger partial charge in [-0.2, -0.15) is 4.31 Å². The van der Waals surface area contributed by atoms with Crippen LogP contribution in [0.25, 0.3) is 0 Å². The third-order valence-corrected chi connectivity index (χ3v) is 6.07. The molecule has 2 aliphatic heterocycles. The van der Waals surface area contributed by atoms with Crippen molar-refractivity contribution in [2.24, 2.45) is 0 Å². The number of ether oxygens (including phenoxy) is 1. The standard InChI is InChI=1S/C16H28N2O3S/c1-2-3-4-5-6-9-17-10-7-8-16(15-17)22(19,20)18-11-13-21-14-12-18/h7,10,15H,2-6,8-9,11-14H2,1H3. The van der Waals surface area contributed by atoms with Gasteiger partial charge < -0.3 is 9.64 Å². The molecule has 0 radical (unpaired) electrons. The molecular formula is C16H28N2O3S. The number of rotatable bonds is 8. The number of hydrogen-bond acceptors (Lipinski definition) is 4. The molecule has 126 valence electrons. The van der Waals surface area contributed by atoms with Gasteiger partial charge in [-0.1, -0.05) is 38.7 Å². The van der Waals surface area contributed by atoms with Crippen molar-refractivity contribution < 1.29 is 13.2 Å². The lowest BCUT2D eigenvalue weighted by atomic mass is 10.1. The molecule has 2 rings (SSSR count). The van der Waals surface area contributed by atoms with E-state index >= 15 is 0 Å². The van der Waals surface area contributed by atoms with Crippen LogP contribution in [0.2, 0.25) is 0 Å². The SMILES string of the molecule is CCCCCCCN1C=CCC(S(=O)(=O)N2CCOCC2)=C1. The van der Waals surface area contributed by atoms with Crippen LogP contribution < -0.4 is 0 Å². The first kappa shape index (κ1) is 17.5. The first-order valence-corrected chi connectivity index (χ1v) is 9.79. The highest BCUT2D eigenvalue weighted by Crippen LogP contribution is 2.22. The molecule has 22 heavy (non-hydrogen) atoms. The molecule has 1 fully saturated rings. The Morgan fingerprint density at radius 1 is 1.14 bits per heavy atom. The third-order valence-electron chi connectivity index (χ3n) is 4.09. The van der Waals surface area contributed by atoms with Crippen molar-refractivity contribution in [3.05, 3.63) is 23.4 Å². The minimum atomic E-state index is -3.34. The summed E-state index contributed by atoms with van der Waals surface area (Å²) in [7, 11) is -3.34. The largest absolute Gasteiger partial charge is 0.379 e. The van der Waals surface area contributed by atoms with Crippen LogP contribution in [0.3, 0.4) is 0 Å². The van der Waals surface area contributed by atoms with E-state index in [-0.39, 0.29) is 0 Å². The normalized spacial score (nSPS) is 20.2. The summed E-state index contributed by atoms with van der Waals surface area (Å²) in [4.78, 5) is 2.52. The van der Waals surface area contributed by atoms with E-state index < -0.39 is 10.0 Å². The number of allylic oxidation sites excluding steroid dienone is 2. The Balaban J connectivity index is 1.90. The average Bonchev–Trinajstić information content (AvgIpc) is 2.56.